The van der Waals surface area contributed by atoms with Crippen LogP contribution < -0.4 is 5.73 Å². The van der Waals surface area contributed by atoms with Gasteiger partial charge < -0.3 is 5.73 Å². The van der Waals surface area contributed by atoms with Crippen molar-refractivity contribution in [3.63, 3.8) is 0 Å². The summed E-state index contributed by atoms with van der Waals surface area (Å²) < 4.78 is 0. The summed E-state index contributed by atoms with van der Waals surface area (Å²) in [6.07, 6.45) is 0. The smallest absolute Gasteiger partial charge is 0.0679 e. The Bertz CT molecular complexity index is 264. The second-order valence-electron chi connectivity index (χ2n) is 2.75. The molecule has 12 heavy (non-hydrogen) atoms. The molecule has 0 aliphatic rings. The van der Waals surface area contributed by atoms with E-state index in [2.05, 4.69) is 4.99 Å². The van der Waals surface area contributed by atoms with Crippen LogP contribution in [0.25, 0.3) is 0 Å². The summed E-state index contributed by atoms with van der Waals surface area (Å²) in [6.45, 7) is 1.94. The second kappa shape index (κ2) is 4.02. The second-order valence-corrected chi connectivity index (χ2v) is 2.75. The number of hydrogen-bond donors (Lipinski definition) is 1. The molecule has 0 fully saturated rings. The molecule has 0 aliphatic carbocycles. The molecule has 64 valence electrons. The molecule has 1 atom stereocenters. The molecule has 0 spiro atoms. The molecule has 0 amide bonds. The largest absolute Gasteiger partial charge is 0.319 e. The van der Waals surface area contributed by atoms with Crippen molar-refractivity contribution in [2.24, 2.45) is 10.7 Å². The van der Waals surface area contributed by atoms with Crippen molar-refractivity contribution in [1.29, 1.82) is 0 Å². The first-order valence-corrected chi connectivity index (χ1v) is 3.99. The Kier molecular flexibility index (Phi) is 3.00. The Morgan fingerprint density at radius 1 is 1.33 bits per heavy atom. The Labute approximate surface area is 73.1 Å². The fourth-order valence-electron chi connectivity index (χ4n) is 1.04. The predicted octanol–water partition coefficient (Wildman–Crippen LogP) is 1.78. The van der Waals surface area contributed by atoms with Gasteiger partial charge in [-0.25, -0.2) is 0 Å². The minimum Gasteiger partial charge on any atom is -0.319 e. The van der Waals surface area contributed by atoms with Gasteiger partial charge in [-0.15, -0.1) is 0 Å². The van der Waals surface area contributed by atoms with Crippen molar-refractivity contribution in [3.8, 4) is 0 Å². The van der Waals surface area contributed by atoms with Gasteiger partial charge in [-0.05, 0) is 12.5 Å². The minimum absolute atomic E-state index is 0.0591. The van der Waals surface area contributed by atoms with E-state index in [-0.39, 0.29) is 6.04 Å². The van der Waals surface area contributed by atoms with Gasteiger partial charge in [0.05, 0.1) is 6.04 Å². The van der Waals surface area contributed by atoms with Crippen LogP contribution in [-0.4, -0.2) is 12.8 Å². The molecule has 1 aromatic carbocycles. The molecule has 1 rings (SSSR count). The van der Waals surface area contributed by atoms with Crippen molar-refractivity contribution in [3.05, 3.63) is 35.9 Å². The van der Waals surface area contributed by atoms with Crippen LogP contribution in [0.4, 0.5) is 0 Å². The zero-order valence-corrected chi connectivity index (χ0v) is 7.49. The molecule has 2 N–H and O–H groups in total. The monoisotopic (exact) mass is 162 g/mol. The quantitative estimate of drug-likeness (QED) is 0.661. The highest BCUT2D eigenvalue weighted by atomic mass is 14.8. The lowest BCUT2D eigenvalue weighted by Crippen LogP contribution is -2.18. The summed E-state index contributed by atoms with van der Waals surface area (Å²) in [5.74, 6) is 0. The van der Waals surface area contributed by atoms with Gasteiger partial charge in [0.2, 0.25) is 0 Å². The van der Waals surface area contributed by atoms with Crippen LogP contribution in [0.1, 0.15) is 18.5 Å². The van der Waals surface area contributed by atoms with E-state index in [4.69, 9.17) is 5.73 Å². The Hall–Kier alpha value is -1.15. The van der Waals surface area contributed by atoms with Gasteiger partial charge in [-0.2, -0.15) is 0 Å². The molecule has 0 saturated carbocycles. The van der Waals surface area contributed by atoms with Crippen molar-refractivity contribution >= 4 is 5.71 Å². The standard InChI is InChI=1S/C10H14N2/c1-8(12-2)10(11)9-6-4-3-5-7-9/h3-7,10H,11H2,1-2H3/t10-/m1/s1. The highest BCUT2D eigenvalue weighted by molar-refractivity contribution is 5.88. The molecular formula is C10H14N2. The molecule has 2 nitrogen and oxygen atoms in total. The lowest BCUT2D eigenvalue weighted by Gasteiger charge is -2.10. The maximum Gasteiger partial charge on any atom is 0.0679 e. The third kappa shape index (κ3) is 1.92. The van der Waals surface area contributed by atoms with E-state index in [1.807, 2.05) is 37.3 Å². The molecule has 0 aromatic heterocycles. The van der Waals surface area contributed by atoms with Gasteiger partial charge in [-0.3, -0.25) is 4.99 Å². The Balaban J connectivity index is 2.86. The van der Waals surface area contributed by atoms with E-state index in [1.165, 1.54) is 0 Å². The first kappa shape index (κ1) is 8.94. The van der Waals surface area contributed by atoms with Gasteiger partial charge in [0.1, 0.15) is 0 Å². The number of aliphatic imine (C=N–C) groups is 1. The van der Waals surface area contributed by atoms with E-state index in [0.29, 0.717) is 0 Å². The fourth-order valence-corrected chi connectivity index (χ4v) is 1.04. The Morgan fingerprint density at radius 2 is 1.92 bits per heavy atom. The summed E-state index contributed by atoms with van der Waals surface area (Å²) in [4.78, 5) is 4.06. The van der Waals surface area contributed by atoms with E-state index < -0.39 is 0 Å². The third-order valence-electron chi connectivity index (χ3n) is 1.96. The van der Waals surface area contributed by atoms with E-state index in [9.17, 15) is 0 Å². The van der Waals surface area contributed by atoms with Crippen molar-refractivity contribution < 1.29 is 0 Å². The van der Waals surface area contributed by atoms with E-state index in [1.54, 1.807) is 7.05 Å². The maximum absolute atomic E-state index is 5.92. The number of nitrogens with two attached hydrogens (primary N) is 1. The topological polar surface area (TPSA) is 38.4 Å². The van der Waals surface area contributed by atoms with E-state index in [0.717, 1.165) is 11.3 Å². The van der Waals surface area contributed by atoms with Crippen LogP contribution in [0.15, 0.2) is 35.3 Å². The van der Waals surface area contributed by atoms with Crippen molar-refractivity contribution in [1.82, 2.24) is 0 Å². The number of benzene rings is 1. The Morgan fingerprint density at radius 3 is 2.42 bits per heavy atom. The lowest BCUT2D eigenvalue weighted by atomic mass is 10.0. The zero-order chi connectivity index (χ0) is 8.97. The number of hydrogen-bond acceptors (Lipinski definition) is 2. The first-order chi connectivity index (χ1) is 5.75. The highest BCUT2D eigenvalue weighted by Crippen LogP contribution is 2.10. The van der Waals surface area contributed by atoms with Crippen LogP contribution in [0.3, 0.4) is 0 Å². The number of nitrogens with zero attached hydrogens (tertiary/aromatic N) is 1. The summed E-state index contributed by atoms with van der Waals surface area (Å²) >= 11 is 0. The molecule has 2 heteroatoms. The van der Waals surface area contributed by atoms with Crippen molar-refractivity contribution in [2.45, 2.75) is 13.0 Å². The predicted molar refractivity (Wildman–Crippen MR) is 52.4 cm³/mol. The molecule has 0 bridgehead atoms. The van der Waals surface area contributed by atoms with Crippen LogP contribution in [0, 0.1) is 0 Å². The summed E-state index contributed by atoms with van der Waals surface area (Å²) in [5, 5.41) is 0. The molecule has 0 aliphatic heterocycles. The van der Waals surface area contributed by atoms with Crippen LogP contribution >= 0.6 is 0 Å². The van der Waals surface area contributed by atoms with E-state index >= 15 is 0 Å². The van der Waals surface area contributed by atoms with Gasteiger partial charge in [0.15, 0.2) is 0 Å². The molecule has 0 unspecified atom stereocenters. The molecule has 0 saturated heterocycles. The number of rotatable bonds is 2. The fraction of sp³-hybridized carbons (Fsp3) is 0.300. The van der Waals surface area contributed by atoms with Crippen LogP contribution in [0.2, 0.25) is 0 Å². The summed E-state index contributed by atoms with van der Waals surface area (Å²) in [7, 11) is 1.76. The normalized spacial score (nSPS) is 14.4. The van der Waals surface area contributed by atoms with Gasteiger partial charge in [0.25, 0.3) is 0 Å². The molecule has 0 radical (unpaired) electrons. The minimum atomic E-state index is -0.0591. The SMILES string of the molecule is CN=C(C)[C@@H](N)c1ccccc1. The zero-order valence-electron chi connectivity index (χ0n) is 7.49. The average molecular weight is 162 g/mol. The van der Waals surface area contributed by atoms with Gasteiger partial charge >= 0.3 is 0 Å². The maximum atomic E-state index is 5.92. The first-order valence-electron chi connectivity index (χ1n) is 3.99. The molecule has 1 aromatic rings. The lowest BCUT2D eigenvalue weighted by molar-refractivity contribution is 0.949. The summed E-state index contributed by atoms with van der Waals surface area (Å²) in [6, 6.07) is 9.92. The summed E-state index contributed by atoms with van der Waals surface area (Å²) in [5.41, 5.74) is 7.99. The van der Waals surface area contributed by atoms with Crippen LogP contribution in [0.5, 0.6) is 0 Å². The molecular weight excluding hydrogens is 148 g/mol. The molecule has 0 heterocycles. The highest BCUT2D eigenvalue weighted by Gasteiger charge is 2.06. The van der Waals surface area contributed by atoms with Gasteiger partial charge in [-0.1, -0.05) is 30.3 Å². The van der Waals surface area contributed by atoms with Crippen molar-refractivity contribution in [2.75, 3.05) is 7.05 Å². The average Bonchev–Trinajstić information content (AvgIpc) is 2.17. The van der Waals surface area contributed by atoms with Gasteiger partial charge in [0, 0.05) is 12.8 Å². The van der Waals surface area contributed by atoms with Crippen LogP contribution in [-0.2, 0) is 0 Å². The third-order valence-corrected chi connectivity index (χ3v) is 1.96.